The maximum atomic E-state index is 13.2. The second-order valence-electron chi connectivity index (χ2n) is 7.80. The number of benzene rings is 3. The number of carbonyl (C=O) groups is 2. The molecular formula is C26H25N3O6S2. The van der Waals surface area contributed by atoms with E-state index in [9.17, 15) is 18.0 Å². The fourth-order valence-corrected chi connectivity index (χ4v) is 6.34. The number of methoxy groups -OCH3 is 2. The number of aromatic nitrogens is 1. The first kappa shape index (κ1) is 26.1. The van der Waals surface area contributed by atoms with E-state index in [1.54, 1.807) is 47.9 Å². The van der Waals surface area contributed by atoms with Gasteiger partial charge in [0.1, 0.15) is 17.8 Å². The van der Waals surface area contributed by atoms with Gasteiger partial charge >= 0.3 is 5.97 Å². The molecule has 0 spiro atoms. The van der Waals surface area contributed by atoms with Crippen molar-refractivity contribution >= 4 is 49.1 Å². The Bertz CT molecular complexity index is 1610. The van der Waals surface area contributed by atoms with Crippen LogP contribution in [-0.2, 0) is 26.1 Å². The van der Waals surface area contributed by atoms with E-state index in [1.807, 2.05) is 12.1 Å². The Morgan fingerprint density at radius 2 is 1.68 bits per heavy atom. The number of nitrogens with zero attached hydrogens (tertiary/aromatic N) is 3. The number of para-hydroxylation sites is 2. The van der Waals surface area contributed by atoms with Gasteiger partial charge in [0.2, 0.25) is 0 Å². The van der Waals surface area contributed by atoms with Gasteiger partial charge in [-0.25, -0.2) is 8.42 Å². The van der Waals surface area contributed by atoms with Crippen molar-refractivity contribution in [2.24, 2.45) is 4.99 Å². The summed E-state index contributed by atoms with van der Waals surface area (Å²) in [6, 6.07) is 19.8. The molecule has 1 heterocycles. The van der Waals surface area contributed by atoms with Crippen LogP contribution in [0, 0.1) is 0 Å². The highest BCUT2D eigenvalue weighted by Crippen LogP contribution is 2.28. The zero-order valence-corrected chi connectivity index (χ0v) is 22.1. The van der Waals surface area contributed by atoms with E-state index in [2.05, 4.69) is 4.99 Å². The molecule has 0 saturated heterocycles. The van der Waals surface area contributed by atoms with E-state index < -0.39 is 21.9 Å². The lowest BCUT2D eigenvalue weighted by Crippen LogP contribution is -2.30. The van der Waals surface area contributed by atoms with Gasteiger partial charge in [0, 0.05) is 12.1 Å². The van der Waals surface area contributed by atoms with Crippen LogP contribution < -0.4 is 13.8 Å². The summed E-state index contributed by atoms with van der Waals surface area (Å²) in [6.45, 7) is 1.84. The van der Waals surface area contributed by atoms with E-state index in [0.717, 1.165) is 4.70 Å². The third-order valence-electron chi connectivity index (χ3n) is 5.62. The average Bonchev–Trinajstić information content (AvgIpc) is 3.26. The molecule has 4 aromatic rings. The van der Waals surface area contributed by atoms with E-state index in [1.165, 1.54) is 54.1 Å². The number of thiazole rings is 1. The smallest absolute Gasteiger partial charge is 0.325 e. The number of fused-ring (bicyclic) bond motifs is 1. The van der Waals surface area contributed by atoms with Crippen molar-refractivity contribution in [1.29, 1.82) is 0 Å². The molecule has 0 aliphatic heterocycles. The van der Waals surface area contributed by atoms with Gasteiger partial charge in [0.15, 0.2) is 4.80 Å². The molecule has 37 heavy (non-hydrogen) atoms. The molecule has 0 aliphatic rings. The largest absolute Gasteiger partial charge is 0.495 e. The van der Waals surface area contributed by atoms with E-state index in [4.69, 9.17) is 9.47 Å². The van der Waals surface area contributed by atoms with Crippen LogP contribution >= 0.6 is 11.3 Å². The average molecular weight is 540 g/mol. The summed E-state index contributed by atoms with van der Waals surface area (Å²) in [5.41, 5.74) is 1.38. The van der Waals surface area contributed by atoms with E-state index >= 15 is 0 Å². The summed E-state index contributed by atoms with van der Waals surface area (Å²) in [5.74, 6) is -0.559. The molecule has 3 aromatic carbocycles. The lowest BCUT2D eigenvalue weighted by atomic mass is 10.2. The van der Waals surface area contributed by atoms with Gasteiger partial charge in [0.05, 0.1) is 29.5 Å². The molecule has 0 unspecified atom stereocenters. The Kier molecular flexibility index (Phi) is 7.74. The van der Waals surface area contributed by atoms with Gasteiger partial charge in [-0.2, -0.15) is 4.99 Å². The number of anilines is 1. The molecule has 192 valence electrons. The van der Waals surface area contributed by atoms with Gasteiger partial charge in [-0.3, -0.25) is 13.9 Å². The van der Waals surface area contributed by atoms with Crippen LogP contribution in [0.2, 0.25) is 0 Å². The van der Waals surface area contributed by atoms with Crippen LogP contribution in [0.3, 0.4) is 0 Å². The second kappa shape index (κ2) is 11.0. The SMILES string of the molecule is CCN(c1ccccc1)S(=O)(=O)c1ccc(C(=O)N=c2sc3cccc(OC)c3n2CC(=O)OC)cc1. The number of rotatable bonds is 8. The molecule has 9 nitrogen and oxygen atoms in total. The van der Waals surface area contributed by atoms with Crippen molar-refractivity contribution in [1.82, 2.24) is 4.57 Å². The summed E-state index contributed by atoms with van der Waals surface area (Å²) in [5, 5.41) is 0. The van der Waals surface area contributed by atoms with Gasteiger partial charge in [-0.1, -0.05) is 35.6 Å². The molecule has 0 aliphatic carbocycles. The molecular weight excluding hydrogens is 514 g/mol. The van der Waals surface area contributed by atoms with Crippen molar-refractivity contribution in [2.45, 2.75) is 18.4 Å². The maximum Gasteiger partial charge on any atom is 0.325 e. The van der Waals surface area contributed by atoms with Crippen molar-refractivity contribution in [3.05, 3.63) is 83.2 Å². The molecule has 1 amide bonds. The minimum atomic E-state index is -3.83. The Morgan fingerprint density at radius 3 is 2.30 bits per heavy atom. The number of esters is 1. The normalized spacial score (nSPS) is 11.9. The van der Waals surface area contributed by atoms with Crippen LogP contribution in [0.25, 0.3) is 10.2 Å². The third kappa shape index (κ3) is 5.27. The predicted octanol–water partition coefficient (Wildman–Crippen LogP) is 3.84. The first-order valence-corrected chi connectivity index (χ1v) is 13.6. The van der Waals surface area contributed by atoms with E-state index in [0.29, 0.717) is 17.0 Å². The predicted molar refractivity (Wildman–Crippen MR) is 141 cm³/mol. The number of carbonyl (C=O) groups excluding carboxylic acids is 2. The zero-order valence-electron chi connectivity index (χ0n) is 20.5. The minimum Gasteiger partial charge on any atom is -0.495 e. The quantitative estimate of drug-likeness (QED) is 0.315. The number of sulfonamides is 1. The van der Waals surface area contributed by atoms with Crippen LogP contribution in [0.5, 0.6) is 5.75 Å². The summed E-state index contributed by atoms with van der Waals surface area (Å²) >= 11 is 1.23. The van der Waals surface area contributed by atoms with Crippen LogP contribution in [0.4, 0.5) is 5.69 Å². The summed E-state index contributed by atoms with van der Waals surface area (Å²) in [7, 11) is -1.03. The Balaban J connectivity index is 1.71. The Labute approximate surface area is 218 Å². The van der Waals surface area contributed by atoms with Crippen LogP contribution in [0.15, 0.2) is 82.7 Å². The summed E-state index contributed by atoms with van der Waals surface area (Å²) < 4.78 is 40.4. The highest BCUT2D eigenvalue weighted by molar-refractivity contribution is 7.92. The third-order valence-corrected chi connectivity index (χ3v) is 8.58. The molecule has 0 atom stereocenters. The lowest BCUT2D eigenvalue weighted by molar-refractivity contribution is -0.141. The molecule has 1 aromatic heterocycles. The molecule has 0 saturated carbocycles. The zero-order chi connectivity index (χ0) is 26.6. The van der Waals surface area contributed by atoms with Gasteiger partial charge < -0.3 is 14.0 Å². The summed E-state index contributed by atoms with van der Waals surface area (Å²) in [4.78, 5) is 29.7. The lowest BCUT2D eigenvalue weighted by Gasteiger charge is -2.22. The number of amides is 1. The summed E-state index contributed by atoms with van der Waals surface area (Å²) in [6.07, 6.45) is 0. The van der Waals surface area contributed by atoms with Gasteiger partial charge in [-0.15, -0.1) is 0 Å². The molecule has 0 N–H and O–H groups in total. The molecule has 0 bridgehead atoms. The highest BCUT2D eigenvalue weighted by atomic mass is 32.2. The monoisotopic (exact) mass is 539 g/mol. The fourth-order valence-electron chi connectivity index (χ4n) is 3.82. The standard InChI is InChI=1S/C26H25N3O6S2/c1-4-29(19-9-6-5-7-10-19)37(32,33)20-15-13-18(14-16-20)25(31)27-26-28(17-23(30)35-3)24-21(34-2)11-8-12-22(24)36-26/h5-16H,4,17H2,1-3H3. The van der Waals surface area contributed by atoms with Crippen molar-refractivity contribution in [3.63, 3.8) is 0 Å². The molecule has 0 radical (unpaired) electrons. The first-order valence-electron chi connectivity index (χ1n) is 11.3. The van der Waals surface area contributed by atoms with E-state index in [-0.39, 0.29) is 28.3 Å². The Hall–Kier alpha value is -3.96. The molecule has 11 heteroatoms. The number of ether oxygens (including phenoxy) is 2. The number of hydrogen-bond donors (Lipinski definition) is 0. The first-order chi connectivity index (χ1) is 17.8. The number of hydrogen-bond acceptors (Lipinski definition) is 7. The minimum absolute atomic E-state index is 0.0575. The molecule has 0 fully saturated rings. The Morgan fingerprint density at radius 1 is 0.973 bits per heavy atom. The van der Waals surface area contributed by atoms with Crippen LogP contribution in [0.1, 0.15) is 17.3 Å². The maximum absolute atomic E-state index is 13.2. The van der Waals surface area contributed by atoms with Crippen molar-refractivity contribution in [2.75, 3.05) is 25.1 Å². The van der Waals surface area contributed by atoms with Crippen molar-refractivity contribution in [3.8, 4) is 5.75 Å². The topological polar surface area (TPSA) is 107 Å². The van der Waals surface area contributed by atoms with Crippen LogP contribution in [-0.4, -0.2) is 45.6 Å². The van der Waals surface area contributed by atoms with Gasteiger partial charge in [-0.05, 0) is 55.5 Å². The highest BCUT2D eigenvalue weighted by Gasteiger charge is 2.24. The second-order valence-corrected chi connectivity index (χ2v) is 10.7. The van der Waals surface area contributed by atoms with Crippen molar-refractivity contribution < 1.29 is 27.5 Å². The fraction of sp³-hybridized carbons (Fsp3) is 0.192. The van der Waals surface area contributed by atoms with Gasteiger partial charge in [0.25, 0.3) is 15.9 Å². The molecule has 4 rings (SSSR count).